The van der Waals surface area contributed by atoms with E-state index < -0.39 is 29.6 Å². The van der Waals surface area contributed by atoms with Gasteiger partial charge in [-0.05, 0) is 31.2 Å². The fourth-order valence-corrected chi connectivity index (χ4v) is 2.25. The van der Waals surface area contributed by atoms with Crippen molar-refractivity contribution in [2.75, 3.05) is 19.5 Å². The molecule has 2 rings (SSSR count). The smallest absolute Gasteiger partial charge is 0.265 e. The molecule has 27 heavy (non-hydrogen) atoms. The Balaban J connectivity index is 2.25. The predicted octanol–water partition coefficient (Wildman–Crippen LogP) is 2.49. The first-order valence-electron chi connectivity index (χ1n) is 7.75. The normalized spacial score (nSPS) is 11.4. The largest absolute Gasteiger partial charge is 0.493 e. The van der Waals surface area contributed by atoms with Gasteiger partial charge in [-0.15, -0.1) is 0 Å². The summed E-state index contributed by atoms with van der Waals surface area (Å²) in [5.74, 6) is -3.04. The molecule has 0 fully saturated rings. The molecule has 0 bridgehead atoms. The summed E-state index contributed by atoms with van der Waals surface area (Å²) in [6.07, 6.45) is -1.14. The zero-order chi connectivity index (χ0) is 20.1. The van der Waals surface area contributed by atoms with Gasteiger partial charge in [0.1, 0.15) is 5.82 Å². The van der Waals surface area contributed by atoms with Crippen molar-refractivity contribution in [3.8, 4) is 17.2 Å². The van der Waals surface area contributed by atoms with E-state index in [0.29, 0.717) is 6.07 Å². The molecule has 9 heteroatoms. The molecule has 2 aromatic rings. The maximum Gasteiger partial charge on any atom is 0.265 e. The Morgan fingerprint density at radius 2 is 1.78 bits per heavy atom. The van der Waals surface area contributed by atoms with E-state index in [9.17, 15) is 18.4 Å². The summed E-state index contributed by atoms with van der Waals surface area (Å²) < 4.78 is 42.2. The van der Waals surface area contributed by atoms with Gasteiger partial charge < -0.3 is 25.3 Å². The number of methoxy groups -OCH3 is 2. The molecule has 2 aromatic carbocycles. The van der Waals surface area contributed by atoms with Gasteiger partial charge in [-0.1, -0.05) is 0 Å². The monoisotopic (exact) mass is 380 g/mol. The van der Waals surface area contributed by atoms with Crippen LogP contribution in [0.1, 0.15) is 17.3 Å². The quantitative estimate of drug-likeness (QED) is 0.769. The van der Waals surface area contributed by atoms with Gasteiger partial charge in [-0.3, -0.25) is 9.59 Å². The van der Waals surface area contributed by atoms with E-state index in [2.05, 4.69) is 5.32 Å². The Bertz CT molecular complexity index is 873. The Hall–Kier alpha value is -3.36. The van der Waals surface area contributed by atoms with Crippen LogP contribution in [-0.2, 0) is 4.79 Å². The van der Waals surface area contributed by atoms with Crippen LogP contribution in [0.5, 0.6) is 17.2 Å². The minimum atomic E-state index is -1.14. The topological polar surface area (TPSA) is 99.9 Å². The lowest BCUT2D eigenvalue weighted by Crippen LogP contribution is -2.30. The molecule has 0 radical (unpaired) electrons. The molecule has 0 saturated carbocycles. The third-order valence-corrected chi connectivity index (χ3v) is 3.59. The van der Waals surface area contributed by atoms with E-state index >= 15 is 0 Å². The predicted molar refractivity (Wildman–Crippen MR) is 93.1 cm³/mol. The lowest BCUT2D eigenvalue weighted by Gasteiger charge is -2.18. The van der Waals surface area contributed by atoms with E-state index in [1.807, 2.05) is 0 Å². The Labute approximate surface area is 154 Å². The van der Waals surface area contributed by atoms with Crippen LogP contribution in [0.4, 0.5) is 14.5 Å². The number of hydrogen-bond acceptors (Lipinski definition) is 5. The fraction of sp³-hybridized carbons (Fsp3) is 0.222. The molecule has 0 aliphatic carbocycles. The molecule has 1 unspecified atom stereocenters. The van der Waals surface area contributed by atoms with Crippen molar-refractivity contribution in [3.63, 3.8) is 0 Å². The van der Waals surface area contributed by atoms with Gasteiger partial charge in [0, 0.05) is 11.6 Å². The molecule has 0 spiro atoms. The molecular weight excluding hydrogens is 362 g/mol. The van der Waals surface area contributed by atoms with Crippen molar-refractivity contribution in [2.24, 2.45) is 5.73 Å². The van der Waals surface area contributed by atoms with Gasteiger partial charge in [0.15, 0.2) is 29.2 Å². The second-order valence-corrected chi connectivity index (χ2v) is 5.45. The molecule has 0 saturated heterocycles. The fourth-order valence-electron chi connectivity index (χ4n) is 2.25. The van der Waals surface area contributed by atoms with Crippen molar-refractivity contribution in [2.45, 2.75) is 13.0 Å². The van der Waals surface area contributed by atoms with Gasteiger partial charge in [-0.25, -0.2) is 8.78 Å². The van der Waals surface area contributed by atoms with E-state index in [1.165, 1.54) is 33.3 Å². The Morgan fingerprint density at radius 1 is 1.07 bits per heavy atom. The summed E-state index contributed by atoms with van der Waals surface area (Å²) in [6.45, 7) is 1.37. The molecule has 7 nitrogen and oxygen atoms in total. The number of hydrogen-bond donors (Lipinski definition) is 2. The summed E-state index contributed by atoms with van der Waals surface area (Å²) in [4.78, 5) is 23.9. The summed E-state index contributed by atoms with van der Waals surface area (Å²) in [6, 6.07) is 5.40. The summed E-state index contributed by atoms with van der Waals surface area (Å²) in [5, 5.41) is 2.51. The number of primary amides is 1. The number of nitrogens with two attached hydrogens (primary N) is 1. The molecular formula is C18H18F2N2O5. The average molecular weight is 380 g/mol. The molecule has 0 heterocycles. The van der Waals surface area contributed by atoms with Crippen LogP contribution < -0.4 is 25.3 Å². The highest BCUT2D eigenvalue weighted by atomic mass is 19.1. The van der Waals surface area contributed by atoms with Gasteiger partial charge in [-0.2, -0.15) is 0 Å². The molecule has 144 valence electrons. The van der Waals surface area contributed by atoms with Crippen LogP contribution in [0.3, 0.4) is 0 Å². The molecule has 0 aliphatic heterocycles. The first-order chi connectivity index (χ1) is 12.8. The molecule has 1 atom stereocenters. The first-order valence-corrected chi connectivity index (χ1v) is 7.75. The van der Waals surface area contributed by atoms with Gasteiger partial charge in [0.2, 0.25) is 5.91 Å². The number of anilines is 1. The highest BCUT2D eigenvalue weighted by Gasteiger charge is 2.21. The third-order valence-electron chi connectivity index (χ3n) is 3.59. The maximum atomic E-state index is 13.7. The third kappa shape index (κ3) is 4.63. The Morgan fingerprint density at radius 3 is 2.33 bits per heavy atom. The van der Waals surface area contributed by atoms with Crippen LogP contribution >= 0.6 is 0 Å². The highest BCUT2D eigenvalue weighted by Crippen LogP contribution is 2.36. The van der Waals surface area contributed by atoms with E-state index in [4.69, 9.17) is 19.9 Å². The molecule has 0 aromatic heterocycles. The molecule has 3 N–H and O–H groups in total. The van der Waals surface area contributed by atoms with Crippen molar-refractivity contribution >= 4 is 17.5 Å². The minimum absolute atomic E-state index is 0.0844. The van der Waals surface area contributed by atoms with Crippen molar-refractivity contribution in [1.82, 2.24) is 0 Å². The number of benzene rings is 2. The van der Waals surface area contributed by atoms with Crippen LogP contribution in [0.2, 0.25) is 0 Å². The average Bonchev–Trinajstić information content (AvgIpc) is 2.62. The van der Waals surface area contributed by atoms with Crippen LogP contribution in [0.25, 0.3) is 0 Å². The molecule has 0 aliphatic rings. The number of amides is 2. The van der Waals surface area contributed by atoms with Crippen LogP contribution in [0, 0.1) is 11.6 Å². The minimum Gasteiger partial charge on any atom is -0.493 e. The second kappa shape index (κ2) is 8.35. The number of nitrogens with one attached hydrogen (secondary N) is 1. The SMILES string of the molecule is COc1cc(C(N)=O)cc(NC(=O)C(C)Oc2ccc(F)cc2F)c1OC. The number of halogens is 2. The van der Waals surface area contributed by atoms with E-state index in [-0.39, 0.29) is 28.5 Å². The first kappa shape index (κ1) is 20.0. The lowest BCUT2D eigenvalue weighted by atomic mass is 10.1. The van der Waals surface area contributed by atoms with Crippen molar-refractivity contribution in [3.05, 3.63) is 47.5 Å². The van der Waals surface area contributed by atoms with Crippen LogP contribution in [-0.4, -0.2) is 32.1 Å². The zero-order valence-electron chi connectivity index (χ0n) is 14.8. The zero-order valence-corrected chi connectivity index (χ0v) is 14.8. The summed E-state index contributed by atoms with van der Waals surface area (Å²) >= 11 is 0. The van der Waals surface area contributed by atoms with E-state index in [1.54, 1.807) is 0 Å². The van der Waals surface area contributed by atoms with Gasteiger partial charge >= 0.3 is 0 Å². The van der Waals surface area contributed by atoms with Gasteiger partial charge in [0.25, 0.3) is 5.91 Å². The van der Waals surface area contributed by atoms with Crippen LogP contribution in [0.15, 0.2) is 30.3 Å². The number of carbonyl (C=O) groups is 2. The van der Waals surface area contributed by atoms with Crippen molar-refractivity contribution < 1.29 is 32.6 Å². The summed E-state index contributed by atoms with van der Waals surface area (Å²) in [7, 11) is 2.71. The number of carbonyl (C=O) groups excluding carboxylic acids is 2. The Kier molecular flexibility index (Phi) is 6.17. The standard InChI is InChI=1S/C18H18F2N2O5/c1-9(27-14-5-4-11(19)8-12(14)20)18(24)22-13-6-10(17(21)23)7-15(25-2)16(13)26-3/h4-9H,1-3H3,(H2,21,23)(H,22,24). The van der Waals surface area contributed by atoms with Gasteiger partial charge in [0.05, 0.1) is 19.9 Å². The number of rotatable bonds is 7. The number of ether oxygens (including phenoxy) is 3. The second-order valence-electron chi connectivity index (χ2n) is 5.45. The molecule has 2 amide bonds. The van der Waals surface area contributed by atoms with Crippen molar-refractivity contribution in [1.29, 1.82) is 0 Å². The lowest BCUT2D eigenvalue weighted by molar-refractivity contribution is -0.122. The summed E-state index contributed by atoms with van der Waals surface area (Å²) in [5.41, 5.74) is 5.48. The maximum absolute atomic E-state index is 13.7. The highest BCUT2D eigenvalue weighted by molar-refractivity contribution is 6.00. The van der Waals surface area contributed by atoms with E-state index in [0.717, 1.165) is 12.1 Å².